The third-order valence-corrected chi connectivity index (χ3v) is 3.75. The molecule has 1 aliphatic rings. The number of aliphatic hydroxyl groups excluding tert-OH is 1. The van der Waals surface area contributed by atoms with Gasteiger partial charge in [0.25, 0.3) is 0 Å². The molecule has 0 aliphatic carbocycles. The fourth-order valence-corrected chi connectivity index (χ4v) is 2.66. The lowest BCUT2D eigenvalue weighted by molar-refractivity contribution is -0.117. The molecule has 3 rings (SSSR count). The Balaban J connectivity index is 1.74. The first-order valence-corrected chi connectivity index (χ1v) is 7.34. The molecule has 1 amide bonds. The summed E-state index contributed by atoms with van der Waals surface area (Å²) in [7, 11) is 0. The maximum Gasteiger partial charge on any atom is 0.238 e. The number of hydrogen-bond donors (Lipinski definition) is 2. The van der Waals surface area contributed by atoms with E-state index in [2.05, 4.69) is 15.4 Å². The highest BCUT2D eigenvalue weighted by Gasteiger charge is 2.22. The summed E-state index contributed by atoms with van der Waals surface area (Å²) in [6.45, 7) is 1.49. The quantitative estimate of drug-likeness (QED) is 0.875. The molecule has 0 spiro atoms. The third kappa shape index (κ3) is 3.44. The summed E-state index contributed by atoms with van der Waals surface area (Å²) in [4.78, 5) is 18.0. The van der Waals surface area contributed by atoms with E-state index in [0.717, 1.165) is 6.54 Å². The van der Waals surface area contributed by atoms with Gasteiger partial charge >= 0.3 is 0 Å². The zero-order chi connectivity index (χ0) is 15.5. The highest BCUT2D eigenvalue weighted by atomic mass is 35.5. The fraction of sp³-hybridized carbons (Fsp3) is 0.357. The number of aromatic nitrogens is 3. The van der Waals surface area contributed by atoms with Crippen molar-refractivity contribution in [1.82, 2.24) is 19.7 Å². The van der Waals surface area contributed by atoms with Gasteiger partial charge in [-0.1, -0.05) is 11.6 Å². The van der Waals surface area contributed by atoms with Crippen molar-refractivity contribution < 1.29 is 9.90 Å². The Kier molecular flexibility index (Phi) is 4.37. The van der Waals surface area contributed by atoms with E-state index in [1.54, 1.807) is 29.2 Å². The molecule has 1 atom stereocenters. The summed E-state index contributed by atoms with van der Waals surface area (Å²) in [6, 6.07) is 5.17. The SMILES string of the molecule is O=C(CN1CC[C@H](O)C1)Nc1cc(Cl)ccc1-n1cncn1. The van der Waals surface area contributed by atoms with Gasteiger partial charge in [-0.25, -0.2) is 9.67 Å². The minimum Gasteiger partial charge on any atom is -0.392 e. The number of amides is 1. The van der Waals surface area contributed by atoms with Crippen LogP contribution >= 0.6 is 11.6 Å². The van der Waals surface area contributed by atoms with Crippen LogP contribution in [0.2, 0.25) is 5.02 Å². The summed E-state index contributed by atoms with van der Waals surface area (Å²) < 4.78 is 1.56. The highest BCUT2D eigenvalue weighted by Crippen LogP contribution is 2.24. The number of carbonyl (C=O) groups excluding carboxylic acids is 1. The predicted octanol–water partition coefficient (Wildman–Crippen LogP) is 0.926. The van der Waals surface area contributed by atoms with Crippen LogP contribution in [-0.2, 0) is 4.79 Å². The summed E-state index contributed by atoms with van der Waals surface area (Å²) in [5.74, 6) is -0.155. The van der Waals surface area contributed by atoms with Crippen molar-refractivity contribution in [2.45, 2.75) is 12.5 Å². The van der Waals surface area contributed by atoms with Crippen LogP contribution in [0.25, 0.3) is 5.69 Å². The first-order chi connectivity index (χ1) is 10.6. The van der Waals surface area contributed by atoms with Gasteiger partial charge < -0.3 is 10.4 Å². The Morgan fingerprint density at radius 3 is 3.05 bits per heavy atom. The Morgan fingerprint density at radius 2 is 2.36 bits per heavy atom. The Labute approximate surface area is 132 Å². The molecule has 1 aromatic carbocycles. The van der Waals surface area contributed by atoms with Gasteiger partial charge in [0.1, 0.15) is 12.7 Å². The minimum absolute atomic E-state index is 0.155. The van der Waals surface area contributed by atoms with Crippen LogP contribution in [-0.4, -0.2) is 56.4 Å². The lowest BCUT2D eigenvalue weighted by atomic mass is 10.2. The number of carbonyl (C=O) groups is 1. The van der Waals surface area contributed by atoms with E-state index in [9.17, 15) is 9.90 Å². The summed E-state index contributed by atoms with van der Waals surface area (Å²) >= 11 is 6.01. The monoisotopic (exact) mass is 321 g/mol. The summed E-state index contributed by atoms with van der Waals surface area (Å²) in [5, 5.41) is 16.9. The van der Waals surface area contributed by atoms with Crippen LogP contribution in [0.1, 0.15) is 6.42 Å². The molecule has 0 radical (unpaired) electrons. The molecule has 7 nitrogen and oxygen atoms in total. The average Bonchev–Trinajstić information content (AvgIpc) is 3.11. The van der Waals surface area contributed by atoms with Crippen LogP contribution in [0.4, 0.5) is 5.69 Å². The minimum atomic E-state index is -0.343. The fourth-order valence-electron chi connectivity index (χ4n) is 2.49. The molecule has 22 heavy (non-hydrogen) atoms. The number of nitrogens with zero attached hydrogens (tertiary/aromatic N) is 4. The van der Waals surface area contributed by atoms with Gasteiger partial charge in [-0.05, 0) is 24.6 Å². The number of anilines is 1. The van der Waals surface area contributed by atoms with Gasteiger partial charge in [0, 0.05) is 18.1 Å². The van der Waals surface area contributed by atoms with Gasteiger partial charge in [0.05, 0.1) is 24.0 Å². The maximum atomic E-state index is 12.2. The van der Waals surface area contributed by atoms with E-state index < -0.39 is 0 Å². The lowest BCUT2D eigenvalue weighted by Gasteiger charge is -2.16. The van der Waals surface area contributed by atoms with Gasteiger partial charge in [-0.2, -0.15) is 5.10 Å². The van der Waals surface area contributed by atoms with Crippen molar-refractivity contribution in [2.24, 2.45) is 0 Å². The zero-order valence-electron chi connectivity index (χ0n) is 11.8. The predicted molar refractivity (Wildman–Crippen MR) is 82.1 cm³/mol. The lowest BCUT2D eigenvalue weighted by Crippen LogP contribution is -2.32. The smallest absolute Gasteiger partial charge is 0.238 e. The van der Waals surface area contributed by atoms with E-state index in [1.807, 2.05) is 4.90 Å². The summed E-state index contributed by atoms with van der Waals surface area (Å²) in [6.07, 6.45) is 3.33. The van der Waals surface area contributed by atoms with Crippen molar-refractivity contribution in [1.29, 1.82) is 0 Å². The second-order valence-corrected chi connectivity index (χ2v) is 5.66. The molecule has 1 fully saturated rings. The summed E-state index contributed by atoms with van der Waals surface area (Å²) in [5.41, 5.74) is 1.26. The molecule has 1 aromatic heterocycles. The van der Waals surface area contributed by atoms with E-state index >= 15 is 0 Å². The van der Waals surface area contributed by atoms with E-state index in [-0.39, 0.29) is 18.6 Å². The normalized spacial score (nSPS) is 18.5. The second kappa shape index (κ2) is 6.43. The standard InChI is InChI=1S/C14H16ClN5O2/c15-10-1-2-13(20-9-16-8-17-20)12(5-10)18-14(22)7-19-4-3-11(21)6-19/h1-2,5,8-9,11,21H,3-4,6-7H2,(H,18,22)/t11-/m0/s1. The number of benzene rings is 1. The van der Waals surface area contributed by atoms with Crippen LogP contribution < -0.4 is 5.32 Å². The van der Waals surface area contributed by atoms with Gasteiger partial charge in [0.15, 0.2) is 0 Å². The molecule has 8 heteroatoms. The molecule has 1 saturated heterocycles. The van der Waals surface area contributed by atoms with Gasteiger partial charge in [0.2, 0.25) is 5.91 Å². The molecule has 2 N–H and O–H groups in total. The number of β-amino-alcohol motifs (C(OH)–C–C–N with tert-alkyl or cyclic N) is 1. The Morgan fingerprint density at radius 1 is 1.50 bits per heavy atom. The molecule has 0 unspecified atom stereocenters. The largest absolute Gasteiger partial charge is 0.392 e. The molecular weight excluding hydrogens is 306 g/mol. The Hall–Kier alpha value is -1.96. The topological polar surface area (TPSA) is 83.3 Å². The molecule has 1 aliphatic heterocycles. The number of rotatable bonds is 4. The number of hydrogen-bond acceptors (Lipinski definition) is 5. The van der Waals surface area contributed by atoms with E-state index in [4.69, 9.17) is 11.6 Å². The molecule has 2 aromatic rings. The van der Waals surface area contributed by atoms with Crippen LogP contribution in [0.5, 0.6) is 0 Å². The van der Waals surface area contributed by atoms with Gasteiger partial charge in [-0.15, -0.1) is 0 Å². The van der Waals surface area contributed by atoms with E-state index in [1.165, 1.54) is 6.33 Å². The molecular formula is C14H16ClN5O2. The zero-order valence-corrected chi connectivity index (χ0v) is 12.6. The number of aliphatic hydroxyl groups is 1. The highest BCUT2D eigenvalue weighted by molar-refractivity contribution is 6.31. The van der Waals surface area contributed by atoms with Crippen molar-refractivity contribution in [3.05, 3.63) is 35.9 Å². The van der Waals surface area contributed by atoms with Crippen molar-refractivity contribution in [2.75, 3.05) is 25.0 Å². The molecule has 0 saturated carbocycles. The third-order valence-electron chi connectivity index (χ3n) is 3.51. The van der Waals surface area contributed by atoms with Crippen LogP contribution in [0, 0.1) is 0 Å². The van der Waals surface area contributed by atoms with Gasteiger partial charge in [-0.3, -0.25) is 9.69 Å². The number of halogens is 1. The first kappa shape index (κ1) is 15.0. The maximum absolute atomic E-state index is 12.2. The van der Waals surface area contributed by atoms with Crippen molar-refractivity contribution >= 4 is 23.2 Å². The van der Waals surface area contributed by atoms with E-state index in [0.29, 0.717) is 29.4 Å². The van der Waals surface area contributed by atoms with Crippen molar-refractivity contribution in [3.8, 4) is 5.69 Å². The second-order valence-electron chi connectivity index (χ2n) is 5.23. The number of likely N-dealkylation sites (tertiary alicyclic amines) is 1. The van der Waals surface area contributed by atoms with Crippen LogP contribution in [0.15, 0.2) is 30.9 Å². The first-order valence-electron chi connectivity index (χ1n) is 6.96. The molecule has 116 valence electrons. The molecule has 2 heterocycles. The van der Waals surface area contributed by atoms with Crippen LogP contribution in [0.3, 0.4) is 0 Å². The van der Waals surface area contributed by atoms with Crippen molar-refractivity contribution in [3.63, 3.8) is 0 Å². The Bertz CT molecular complexity index is 661. The molecule has 0 bridgehead atoms. The number of nitrogens with one attached hydrogen (secondary N) is 1. The average molecular weight is 322 g/mol.